The smallest absolute Gasteiger partial charge is 0.449 e. The molecule has 2 saturated heterocycles. The van der Waals surface area contributed by atoms with Gasteiger partial charge in [-0.1, -0.05) is 0 Å². The van der Waals surface area contributed by atoms with Gasteiger partial charge in [0.05, 0.1) is 17.4 Å². The number of hydrogen-bond donors (Lipinski definition) is 2. The van der Waals surface area contributed by atoms with E-state index < -0.39 is 17.5 Å². The summed E-state index contributed by atoms with van der Waals surface area (Å²) in [6.45, 7) is 5.44. The number of anilines is 1. The molecule has 2 atom stereocenters. The maximum Gasteiger partial charge on any atom is 0.511 e. The van der Waals surface area contributed by atoms with Gasteiger partial charge in [-0.2, -0.15) is 0 Å². The van der Waals surface area contributed by atoms with Crippen LogP contribution in [-0.2, 0) is 0 Å². The molecule has 7 nitrogen and oxygen atoms in total. The van der Waals surface area contributed by atoms with Gasteiger partial charge in [-0.3, -0.25) is 9.20 Å². The second-order valence-corrected chi connectivity index (χ2v) is 8.49. The molecule has 2 N–H and O–H groups in total. The van der Waals surface area contributed by atoms with Gasteiger partial charge in [-0.25, -0.2) is 9.18 Å². The van der Waals surface area contributed by atoms with Crippen LogP contribution < -0.4 is 20.5 Å². The highest BCUT2D eigenvalue weighted by Gasteiger charge is 2.35. The van der Waals surface area contributed by atoms with Gasteiger partial charge in [0.1, 0.15) is 0 Å². The molecule has 0 aromatic carbocycles. The molecule has 1 aliphatic carbocycles. The number of carboxylic acid groups (broad SMARTS) is 1. The average Bonchev–Trinajstić information content (AvgIpc) is 3.41. The lowest BCUT2D eigenvalue weighted by Gasteiger charge is -2.37. The van der Waals surface area contributed by atoms with Crippen molar-refractivity contribution in [1.82, 2.24) is 9.72 Å². The maximum absolute atomic E-state index is 15.3. The van der Waals surface area contributed by atoms with E-state index in [2.05, 4.69) is 15.0 Å². The third-order valence-corrected chi connectivity index (χ3v) is 6.64. The van der Waals surface area contributed by atoms with Crippen LogP contribution in [0.1, 0.15) is 36.3 Å². The van der Waals surface area contributed by atoms with E-state index >= 15 is 4.39 Å². The number of piperidine rings is 1. The van der Waals surface area contributed by atoms with E-state index in [4.69, 9.17) is 5.11 Å². The Labute approximate surface area is 167 Å². The standard InChI is InChI=1S/C21H24FN3O4/c1-11-18-15(12-2-3-12)6-17(29-21(27)28)20(26)25(18)10-16(22)19(11)24-5-4-13-7-23-8-14(13)9-24/h6,10,12-14,23H,2-5,7-9H2,1H3,(H,27,28). The predicted molar refractivity (Wildman–Crippen MR) is 106 cm³/mol. The van der Waals surface area contributed by atoms with Gasteiger partial charge in [-0.05, 0) is 74.2 Å². The van der Waals surface area contributed by atoms with Crippen LogP contribution in [0.15, 0.2) is 17.1 Å². The normalized spacial score (nSPS) is 24.0. The number of hydrogen-bond acceptors (Lipinski definition) is 5. The SMILES string of the molecule is Cc1c(N2CCC3CNCC3C2)c(F)cn2c(=O)c(OC(=O)O)cc(C3CC3)c12. The van der Waals surface area contributed by atoms with E-state index in [9.17, 15) is 9.59 Å². The zero-order valence-corrected chi connectivity index (χ0v) is 16.3. The predicted octanol–water partition coefficient (Wildman–Crippen LogP) is 2.73. The number of ether oxygens (including phenoxy) is 1. The van der Waals surface area contributed by atoms with Crippen LogP contribution in [0.2, 0.25) is 0 Å². The molecule has 2 aliphatic heterocycles. The van der Waals surface area contributed by atoms with Crippen LogP contribution >= 0.6 is 0 Å². The molecule has 0 amide bonds. The first kappa shape index (κ1) is 18.4. The average molecular weight is 401 g/mol. The summed E-state index contributed by atoms with van der Waals surface area (Å²) in [6.07, 6.45) is 2.59. The summed E-state index contributed by atoms with van der Waals surface area (Å²) < 4.78 is 21.2. The number of halogens is 1. The number of aromatic nitrogens is 1. The van der Waals surface area contributed by atoms with E-state index in [1.54, 1.807) is 0 Å². The van der Waals surface area contributed by atoms with E-state index in [-0.39, 0.29) is 11.7 Å². The molecule has 3 fully saturated rings. The second kappa shape index (κ2) is 6.73. The van der Waals surface area contributed by atoms with Crippen molar-refractivity contribution in [3.05, 3.63) is 39.6 Å². The van der Waals surface area contributed by atoms with Gasteiger partial charge in [0.15, 0.2) is 11.6 Å². The molecule has 0 bridgehead atoms. The molecule has 0 radical (unpaired) electrons. The molecule has 2 aromatic heterocycles. The number of carbonyl (C=O) groups is 1. The van der Waals surface area contributed by atoms with Crippen molar-refractivity contribution in [1.29, 1.82) is 0 Å². The zero-order valence-electron chi connectivity index (χ0n) is 16.3. The quantitative estimate of drug-likeness (QED) is 0.770. The van der Waals surface area contributed by atoms with Crippen molar-refractivity contribution >= 4 is 17.4 Å². The zero-order chi connectivity index (χ0) is 20.3. The summed E-state index contributed by atoms with van der Waals surface area (Å²) in [5.41, 5.74) is 2.17. The Bertz CT molecular complexity index is 1060. The molecule has 154 valence electrons. The molecule has 29 heavy (non-hydrogen) atoms. The van der Waals surface area contributed by atoms with E-state index in [0.717, 1.165) is 56.6 Å². The van der Waals surface area contributed by atoms with Crippen LogP contribution in [0.3, 0.4) is 0 Å². The molecular weight excluding hydrogens is 377 g/mol. The Balaban J connectivity index is 1.66. The van der Waals surface area contributed by atoms with E-state index in [0.29, 0.717) is 23.0 Å². The highest BCUT2D eigenvalue weighted by Crippen LogP contribution is 2.45. The third kappa shape index (κ3) is 3.06. The third-order valence-electron chi connectivity index (χ3n) is 6.64. The van der Waals surface area contributed by atoms with E-state index in [1.165, 1.54) is 16.7 Å². The number of aryl methyl sites for hydroxylation is 1. The lowest BCUT2D eigenvalue weighted by atomic mass is 9.88. The van der Waals surface area contributed by atoms with Crippen molar-refractivity contribution in [2.45, 2.75) is 32.1 Å². The van der Waals surface area contributed by atoms with Crippen molar-refractivity contribution in [3.8, 4) is 5.75 Å². The Morgan fingerprint density at radius 1 is 1.28 bits per heavy atom. The van der Waals surface area contributed by atoms with Crippen LogP contribution in [0, 0.1) is 24.6 Å². The van der Waals surface area contributed by atoms with Crippen LogP contribution in [0.4, 0.5) is 14.9 Å². The fraction of sp³-hybridized carbons (Fsp3) is 0.524. The van der Waals surface area contributed by atoms with Crippen molar-refractivity contribution in [2.24, 2.45) is 11.8 Å². The summed E-state index contributed by atoms with van der Waals surface area (Å²) in [6, 6.07) is 1.53. The largest absolute Gasteiger partial charge is 0.511 e. The molecule has 0 spiro atoms. The Hall–Kier alpha value is -2.61. The molecular formula is C21H24FN3O4. The minimum Gasteiger partial charge on any atom is -0.449 e. The van der Waals surface area contributed by atoms with Crippen molar-refractivity contribution in [3.63, 3.8) is 0 Å². The summed E-state index contributed by atoms with van der Waals surface area (Å²) in [4.78, 5) is 25.9. The van der Waals surface area contributed by atoms with Gasteiger partial charge in [0.2, 0.25) is 0 Å². The molecule has 4 heterocycles. The molecule has 2 unspecified atom stereocenters. The fourth-order valence-corrected chi connectivity index (χ4v) is 5.12. The highest BCUT2D eigenvalue weighted by atomic mass is 19.1. The Morgan fingerprint density at radius 3 is 2.76 bits per heavy atom. The maximum atomic E-state index is 15.3. The van der Waals surface area contributed by atoms with Gasteiger partial charge in [-0.15, -0.1) is 0 Å². The molecule has 8 heteroatoms. The number of fused-ring (bicyclic) bond motifs is 2. The molecule has 5 rings (SSSR count). The van der Waals surface area contributed by atoms with Crippen molar-refractivity contribution < 1.29 is 19.0 Å². The minimum atomic E-state index is -1.55. The summed E-state index contributed by atoms with van der Waals surface area (Å²) in [7, 11) is 0. The number of nitrogens with zero attached hydrogens (tertiary/aromatic N) is 2. The summed E-state index contributed by atoms with van der Waals surface area (Å²) >= 11 is 0. The van der Waals surface area contributed by atoms with E-state index in [1.807, 2.05) is 6.92 Å². The minimum absolute atomic E-state index is 0.239. The van der Waals surface area contributed by atoms with Crippen LogP contribution in [-0.4, -0.2) is 41.8 Å². The molecule has 2 aromatic rings. The molecule has 1 saturated carbocycles. The topological polar surface area (TPSA) is 83.3 Å². The van der Waals surface area contributed by atoms with Crippen LogP contribution in [0.5, 0.6) is 5.75 Å². The highest BCUT2D eigenvalue weighted by molar-refractivity contribution is 5.74. The first-order valence-electron chi connectivity index (χ1n) is 10.2. The van der Waals surface area contributed by atoms with Crippen LogP contribution in [0.25, 0.3) is 5.52 Å². The Kier molecular flexibility index (Phi) is 4.27. The summed E-state index contributed by atoms with van der Waals surface area (Å²) in [5.74, 6) is 0.659. The van der Waals surface area contributed by atoms with Gasteiger partial charge < -0.3 is 20.1 Å². The molecule has 3 aliphatic rings. The Morgan fingerprint density at radius 2 is 2.03 bits per heavy atom. The fourth-order valence-electron chi connectivity index (χ4n) is 5.12. The lowest BCUT2D eigenvalue weighted by molar-refractivity contribution is 0.143. The lowest BCUT2D eigenvalue weighted by Crippen LogP contribution is -2.41. The first-order valence-corrected chi connectivity index (χ1v) is 10.2. The van der Waals surface area contributed by atoms with Crippen molar-refractivity contribution in [2.75, 3.05) is 31.1 Å². The number of rotatable bonds is 3. The van der Waals surface area contributed by atoms with Gasteiger partial charge in [0, 0.05) is 13.1 Å². The monoisotopic (exact) mass is 401 g/mol. The first-order chi connectivity index (χ1) is 13.9. The number of nitrogens with one attached hydrogen (secondary N) is 1. The van der Waals surface area contributed by atoms with Gasteiger partial charge >= 0.3 is 6.16 Å². The van der Waals surface area contributed by atoms with Gasteiger partial charge in [0.25, 0.3) is 5.56 Å². The second-order valence-electron chi connectivity index (χ2n) is 8.49. The number of pyridine rings is 2. The summed E-state index contributed by atoms with van der Waals surface area (Å²) in [5, 5.41) is 12.4.